The fraction of sp³-hybridized carbons (Fsp3) is 0.667. The minimum absolute atomic E-state index is 0.107. The molecule has 4 nitrogen and oxygen atoms in total. The number of hydrogen-bond donors (Lipinski definition) is 1. The van der Waals surface area contributed by atoms with Gasteiger partial charge in [-0.2, -0.15) is 4.98 Å². The molecule has 0 unspecified atom stereocenters. The zero-order chi connectivity index (χ0) is 11.1. The SMILES string of the molecule is CCCCCCNc1nc(Cl)nnc1Cl. The number of hydrogen-bond acceptors (Lipinski definition) is 4. The lowest BCUT2D eigenvalue weighted by molar-refractivity contribution is 0.684. The van der Waals surface area contributed by atoms with Gasteiger partial charge in [0, 0.05) is 6.54 Å². The fourth-order valence-corrected chi connectivity index (χ4v) is 1.43. The highest BCUT2D eigenvalue weighted by Gasteiger charge is 2.04. The Labute approximate surface area is 99.4 Å². The van der Waals surface area contributed by atoms with Crippen LogP contribution in [0.25, 0.3) is 0 Å². The van der Waals surface area contributed by atoms with Gasteiger partial charge in [0.05, 0.1) is 0 Å². The summed E-state index contributed by atoms with van der Waals surface area (Å²) in [4.78, 5) is 3.94. The summed E-state index contributed by atoms with van der Waals surface area (Å²) in [6, 6.07) is 0. The van der Waals surface area contributed by atoms with Gasteiger partial charge in [-0.15, -0.1) is 10.2 Å². The third-order valence-electron chi connectivity index (χ3n) is 1.94. The largest absolute Gasteiger partial charge is 0.367 e. The van der Waals surface area contributed by atoms with Crippen LogP contribution in [0.5, 0.6) is 0 Å². The van der Waals surface area contributed by atoms with Gasteiger partial charge >= 0.3 is 0 Å². The molecule has 0 aliphatic rings. The van der Waals surface area contributed by atoms with Crippen molar-refractivity contribution in [1.29, 1.82) is 0 Å². The van der Waals surface area contributed by atoms with Crippen LogP contribution in [0, 0.1) is 0 Å². The van der Waals surface area contributed by atoms with Crippen LogP contribution < -0.4 is 5.32 Å². The van der Waals surface area contributed by atoms with E-state index in [0.717, 1.165) is 13.0 Å². The predicted molar refractivity (Wildman–Crippen MR) is 62.5 cm³/mol. The molecule has 6 heteroatoms. The Bertz CT molecular complexity index is 306. The summed E-state index contributed by atoms with van der Waals surface area (Å²) in [7, 11) is 0. The molecule has 0 saturated carbocycles. The van der Waals surface area contributed by atoms with Crippen LogP contribution in [0.15, 0.2) is 0 Å². The van der Waals surface area contributed by atoms with E-state index in [1.807, 2.05) is 0 Å². The highest BCUT2D eigenvalue weighted by Crippen LogP contribution is 2.16. The van der Waals surface area contributed by atoms with Gasteiger partial charge in [-0.25, -0.2) is 0 Å². The van der Waals surface area contributed by atoms with Gasteiger partial charge in [0.15, 0.2) is 11.0 Å². The van der Waals surface area contributed by atoms with E-state index in [-0.39, 0.29) is 10.4 Å². The Hall–Kier alpha value is -0.610. The van der Waals surface area contributed by atoms with E-state index >= 15 is 0 Å². The summed E-state index contributed by atoms with van der Waals surface area (Å²) in [6.07, 6.45) is 4.76. The van der Waals surface area contributed by atoms with Crippen LogP contribution in [0.2, 0.25) is 10.4 Å². The van der Waals surface area contributed by atoms with Gasteiger partial charge < -0.3 is 5.32 Å². The van der Waals surface area contributed by atoms with E-state index in [0.29, 0.717) is 5.82 Å². The molecule has 1 N–H and O–H groups in total. The quantitative estimate of drug-likeness (QED) is 0.786. The third-order valence-corrected chi connectivity index (χ3v) is 2.36. The molecular formula is C9H14Cl2N4. The van der Waals surface area contributed by atoms with E-state index in [2.05, 4.69) is 27.4 Å². The Morgan fingerprint density at radius 2 is 1.93 bits per heavy atom. The third kappa shape index (κ3) is 4.62. The van der Waals surface area contributed by atoms with Gasteiger partial charge in [-0.1, -0.05) is 37.8 Å². The first-order valence-electron chi connectivity index (χ1n) is 5.03. The first-order valence-corrected chi connectivity index (χ1v) is 5.79. The van der Waals surface area contributed by atoms with Gasteiger partial charge in [0.25, 0.3) is 0 Å². The second-order valence-electron chi connectivity index (χ2n) is 3.21. The second kappa shape index (κ2) is 6.80. The first-order chi connectivity index (χ1) is 7.24. The summed E-state index contributed by atoms with van der Waals surface area (Å²) in [5.41, 5.74) is 0. The minimum Gasteiger partial charge on any atom is -0.367 e. The molecule has 0 bridgehead atoms. The Balaban J connectivity index is 2.33. The summed E-state index contributed by atoms with van der Waals surface area (Å²) in [5, 5.41) is 10.6. The number of rotatable bonds is 6. The normalized spacial score (nSPS) is 10.3. The molecule has 0 radical (unpaired) electrons. The van der Waals surface area contributed by atoms with Crippen molar-refractivity contribution in [2.45, 2.75) is 32.6 Å². The van der Waals surface area contributed by atoms with E-state index in [1.165, 1.54) is 19.3 Å². The van der Waals surface area contributed by atoms with Gasteiger partial charge in [-0.05, 0) is 18.0 Å². The van der Waals surface area contributed by atoms with E-state index in [1.54, 1.807) is 0 Å². The van der Waals surface area contributed by atoms with Crippen molar-refractivity contribution >= 4 is 29.0 Å². The van der Waals surface area contributed by atoms with Crippen LogP contribution in [-0.2, 0) is 0 Å². The second-order valence-corrected chi connectivity index (χ2v) is 3.90. The molecule has 1 aromatic heterocycles. The number of halogens is 2. The smallest absolute Gasteiger partial charge is 0.245 e. The Morgan fingerprint density at radius 1 is 1.13 bits per heavy atom. The van der Waals surface area contributed by atoms with Crippen molar-refractivity contribution in [3.05, 3.63) is 10.4 Å². The number of nitrogens with zero attached hydrogens (tertiary/aromatic N) is 3. The predicted octanol–water partition coefficient (Wildman–Crippen LogP) is 3.17. The molecule has 0 aromatic carbocycles. The van der Waals surface area contributed by atoms with Crippen LogP contribution in [-0.4, -0.2) is 21.7 Å². The Kier molecular flexibility index (Phi) is 5.65. The summed E-state index contributed by atoms with van der Waals surface area (Å²) in [6.45, 7) is 3.01. The Morgan fingerprint density at radius 3 is 2.67 bits per heavy atom. The lowest BCUT2D eigenvalue weighted by Crippen LogP contribution is -2.05. The molecule has 84 valence electrons. The van der Waals surface area contributed by atoms with E-state index < -0.39 is 0 Å². The van der Waals surface area contributed by atoms with Gasteiger partial charge in [0.2, 0.25) is 5.28 Å². The maximum Gasteiger partial charge on any atom is 0.245 e. The highest BCUT2D eigenvalue weighted by atomic mass is 35.5. The average Bonchev–Trinajstić information content (AvgIpc) is 2.23. The molecule has 0 atom stereocenters. The zero-order valence-corrected chi connectivity index (χ0v) is 10.1. The van der Waals surface area contributed by atoms with Crippen molar-refractivity contribution in [2.75, 3.05) is 11.9 Å². The van der Waals surface area contributed by atoms with Crippen LogP contribution >= 0.6 is 23.2 Å². The lowest BCUT2D eigenvalue weighted by atomic mass is 10.2. The number of nitrogens with one attached hydrogen (secondary N) is 1. The minimum atomic E-state index is 0.107. The molecule has 1 rings (SSSR count). The number of aromatic nitrogens is 3. The number of unbranched alkanes of at least 4 members (excludes halogenated alkanes) is 3. The standard InChI is InChI=1S/C9H14Cl2N4/c1-2-3-4-5-6-12-8-7(10)14-15-9(11)13-8/h2-6H2,1H3,(H,12,13,15). The van der Waals surface area contributed by atoms with Gasteiger partial charge in [0.1, 0.15) is 0 Å². The van der Waals surface area contributed by atoms with Crippen molar-refractivity contribution < 1.29 is 0 Å². The molecule has 15 heavy (non-hydrogen) atoms. The molecule has 0 amide bonds. The molecule has 0 aliphatic carbocycles. The maximum absolute atomic E-state index is 5.78. The highest BCUT2D eigenvalue weighted by molar-refractivity contribution is 6.32. The summed E-state index contributed by atoms with van der Waals surface area (Å²) < 4.78 is 0. The molecule has 0 fully saturated rings. The van der Waals surface area contributed by atoms with Crippen molar-refractivity contribution in [3.8, 4) is 0 Å². The number of anilines is 1. The fourth-order valence-electron chi connectivity index (χ4n) is 1.16. The molecule has 0 saturated heterocycles. The topological polar surface area (TPSA) is 50.7 Å². The monoisotopic (exact) mass is 248 g/mol. The molecule has 0 aliphatic heterocycles. The summed E-state index contributed by atoms with van der Waals surface area (Å²) >= 11 is 11.4. The van der Waals surface area contributed by atoms with Gasteiger partial charge in [-0.3, -0.25) is 0 Å². The van der Waals surface area contributed by atoms with Crippen LogP contribution in [0.4, 0.5) is 5.82 Å². The molecule has 1 heterocycles. The molecule has 0 spiro atoms. The maximum atomic E-state index is 5.78. The molecular weight excluding hydrogens is 235 g/mol. The van der Waals surface area contributed by atoms with E-state index in [9.17, 15) is 0 Å². The average molecular weight is 249 g/mol. The lowest BCUT2D eigenvalue weighted by Gasteiger charge is -2.05. The van der Waals surface area contributed by atoms with Crippen LogP contribution in [0.3, 0.4) is 0 Å². The first kappa shape index (κ1) is 12.5. The summed E-state index contributed by atoms with van der Waals surface area (Å²) in [5.74, 6) is 0.508. The molecule has 1 aromatic rings. The van der Waals surface area contributed by atoms with Crippen molar-refractivity contribution in [1.82, 2.24) is 15.2 Å². The van der Waals surface area contributed by atoms with Crippen molar-refractivity contribution in [3.63, 3.8) is 0 Å². The zero-order valence-electron chi connectivity index (χ0n) is 8.63. The van der Waals surface area contributed by atoms with Crippen molar-refractivity contribution in [2.24, 2.45) is 0 Å². The van der Waals surface area contributed by atoms with Crippen LogP contribution in [0.1, 0.15) is 32.6 Å². The van der Waals surface area contributed by atoms with E-state index in [4.69, 9.17) is 23.2 Å².